The molecular formula is C23H18O5S2. The van der Waals surface area contributed by atoms with Gasteiger partial charge in [0.2, 0.25) is 5.78 Å². The fourth-order valence-electron chi connectivity index (χ4n) is 2.70. The highest BCUT2D eigenvalue weighted by molar-refractivity contribution is 8.01. The van der Waals surface area contributed by atoms with Crippen LogP contribution in [0, 0.1) is 0 Å². The van der Waals surface area contributed by atoms with Gasteiger partial charge in [-0.05, 0) is 53.6 Å². The summed E-state index contributed by atoms with van der Waals surface area (Å²) in [5.74, 6) is -0.229. The second-order valence-electron chi connectivity index (χ2n) is 6.13. The predicted octanol–water partition coefficient (Wildman–Crippen LogP) is 6.11. The van der Waals surface area contributed by atoms with Crippen LogP contribution in [0.4, 0.5) is 0 Å². The van der Waals surface area contributed by atoms with Crippen LogP contribution in [0.3, 0.4) is 0 Å². The fourth-order valence-corrected chi connectivity index (χ4v) is 4.28. The number of allylic oxidation sites excluding steroid dienone is 2. The molecule has 0 fully saturated rings. The van der Waals surface area contributed by atoms with Crippen LogP contribution in [0.5, 0.6) is 17.2 Å². The molecule has 0 saturated carbocycles. The van der Waals surface area contributed by atoms with Crippen molar-refractivity contribution in [3.05, 3.63) is 82.6 Å². The van der Waals surface area contributed by atoms with E-state index >= 15 is 0 Å². The van der Waals surface area contributed by atoms with E-state index in [2.05, 4.69) is 6.58 Å². The highest BCUT2D eigenvalue weighted by atomic mass is 32.2. The van der Waals surface area contributed by atoms with Crippen LogP contribution >= 0.6 is 23.1 Å². The Morgan fingerprint density at radius 3 is 2.53 bits per heavy atom. The van der Waals surface area contributed by atoms with Crippen molar-refractivity contribution >= 4 is 51.0 Å². The highest BCUT2D eigenvalue weighted by Gasteiger charge is 2.22. The molecule has 0 unspecified atom stereocenters. The number of benzene rings is 2. The smallest absolute Gasteiger partial charge is 0.328 e. The van der Waals surface area contributed by atoms with E-state index < -0.39 is 5.97 Å². The summed E-state index contributed by atoms with van der Waals surface area (Å²) in [4.78, 5) is 24.1. The molecule has 0 radical (unpaired) electrons. The molecule has 2 aromatic carbocycles. The summed E-state index contributed by atoms with van der Waals surface area (Å²) in [5, 5.41) is 21.0. The Kier molecular flexibility index (Phi) is 6.76. The van der Waals surface area contributed by atoms with E-state index in [4.69, 9.17) is 9.84 Å². The van der Waals surface area contributed by atoms with Crippen molar-refractivity contribution in [2.75, 3.05) is 6.26 Å². The van der Waals surface area contributed by atoms with Gasteiger partial charge in [-0.25, -0.2) is 4.79 Å². The molecule has 2 N–H and O–H groups in total. The number of ketones is 1. The number of aromatic hydroxyl groups is 1. The Morgan fingerprint density at radius 1 is 1.17 bits per heavy atom. The number of rotatable bonds is 8. The molecule has 5 nitrogen and oxygen atoms in total. The standard InChI is InChI=1S/C23H18O5S2/c1-3-15(13-29-2)21(27)23-22(18-10-7-16(24)12-19(18)30-23)28-17-8-4-14(5-9-17)6-11-20(25)26/h3-13,24H,1H2,2H3,(H,25,26)/b11-6+,15-13+. The molecule has 0 aliphatic carbocycles. The van der Waals surface area contributed by atoms with Gasteiger partial charge < -0.3 is 14.9 Å². The largest absolute Gasteiger partial charge is 0.508 e. The lowest BCUT2D eigenvalue weighted by molar-refractivity contribution is -0.131. The van der Waals surface area contributed by atoms with Gasteiger partial charge in [-0.15, -0.1) is 23.1 Å². The number of carboxylic acid groups (broad SMARTS) is 1. The molecule has 0 saturated heterocycles. The molecule has 0 amide bonds. The van der Waals surface area contributed by atoms with E-state index in [1.54, 1.807) is 47.9 Å². The van der Waals surface area contributed by atoms with E-state index in [1.807, 2.05) is 6.26 Å². The summed E-state index contributed by atoms with van der Waals surface area (Å²) >= 11 is 2.65. The Labute approximate surface area is 181 Å². The van der Waals surface area contributed by atoms with Gasteiger partial charge in [-0.1, -0.05) is 24.8 Å². The lowest BCUT2D eigenvalue weighted by Crippen LogP contribution is -2.00. The number of aliphatic carboxylic acids is 1. The first-order valence-corrected chi connectivity index (χ1v) is 10.9. The zero-order valence-electron chi connectivity index (χ0n) is 16.0. The van der Waals surface area contributed by atoms with Crippen LogP contribution in [0.15, 0.2) is 72.2 Å². The van der Waals surface area contributed by atoms with Crippen LogP contribution in [0.1, 0.15) is 15.2 Å². The molecule has 0 aliphatic heterocycles. The van der Waals surface area contributed by atoms with Gasteiger partial charge in [-0.2, -0.15) is 0 Å². The summed E-state index contributed by atoms with van der Waals surface area (Å²) in [6.07, 6.45) is 5.90. The summed E-state index contributed by atoms with van der Waals surface area (Å²) in [6.45, 7) is 3.72. The maximum Gasteiger partial charge on any atom is 0.328 e. The number of carbonyl (C=O) groups excluding carboxylic acids is 1. The van der Waals surface area contributed by atoms with E-state index in [0.717, 1.165) is 10.8 Å². The third kappa shape index (κ3) is 4.82. The average Bonchev–Trinajstić information content (AvgIpc) is 3.08. The van der Waals surface area contributed by atoms with Gasteiger partial charge in [0.25, 0.3) is 0 Å². The molecule has 0 bridgehead atoms. The number of carbonyl (C=O) groups is 2. The van der Waals surface area contributed by atoms with Gasteiger partial charge in [-0.3, -0.25) is 4.79 Å². The van der Waals surface area contributed by atoms with Gasteiger partial charge >= 0.3 is 5.97 Å². The van der Waals surface area contributed by atoms with Crippen LogP contribution in [0.2, 0.25) is 0 Å². The predicted molar refractivity (Wildman–Crippen MR) is 123 cm³/mol. The average molecular weight is 439 g/mol. The van der Waals surface area contributed by atoms with Crippen molar-refractivity contribution in [1.29, 1.82) is 0 Å². The fraction of sp³-hybridized carbons (Fsp3) is 0.0435. The normalized spacial score (nSPS) is 11.7. The zero-order chi connectivity index (χ0) is 21.7. The lowest BCUT2D eigenvalue weighted by Gasteiger charge is -2.08. The van der Waals surface area contributed by atoms with Crippen molar-refractivity contribution < 1.29 is 24.5 Å². The first kappa shape index (κ1) is 21.4. The molecule has 30 heavy (non-hydrogen) atoms. The third-order valence-electron chi connectivity index (χ3n) is 4.08. The SMILES string of the molecule is C=C/C(=C\SC)C(=O)c1sc2cc(O)ccc2c1Oc1ccc(/C=C/C(=O)O)cc1. The summed E-state index contributed by atoms with van der Waals surface area (Å²) in [7, 11) is 0. The highest BCUT2D eigenvalue weighted by Crippen LogP contribution is 2.42. The minimum Gasteiger partial charge on any atom is -0.508 e. The zero-order valence-corrected chi connectivity index (χ0v) is 17.6. The number of phenolic OH excluding ortho intramolecular Hbond substituents is 1. The number of hydrogen-bond donors (Lipinski definition) is 2. The molecule has 1 aromatic heterocycles. The molecule has 0 spiro atoms. The van der Waals surface area contributed by atoms with Crippen LogP contribution in [-0.2, 0) is 4.79 Å². The van der Waals surface area contributed by atoms with Crippen LogP contribution in [-0.4, -0.2) is 28.2 Å². The second kappa shape index (κ2) is 9.47. The van der Waals surface area contributed by atoms with Crippen molar-refractivity contribution in [1.82, 2.24) is 0 Å². The molecular weight excluding hydrogens is 420 g/mol. The van der Waals surface area contributed by atoms with E-state index in [9.17, 15) is 14.7 Å². The third-order valence-corrected chi connectivity index (χ3v) is 5.70. The Morgan fingerprint density at radius 2 is 1.90 bits per heavy atom. The number of thioether (sulfide) groups is 1. The Hall–Kier alpha value is -3.29. The lowest BCUT2D eigenvalue weighted by atomic mass is 10.1. The number of phenols is 1. The number of hydrogen-bond acceptors (Lipinski definition) is 6. The number of Topliss-reactive ketones (excluding diaryl/α,β-unsaturated/α-hetero) is 1. The molecule has 7 heteroatoms. The van der Waals surface area contributed by atoms with E-state index in [1.165, 1.54) is 35.3 Å². The van der Waals surface area contributed by atoms with Gasteiger partial charge in [0, 0.05) is 21.7 Å². The topological polar surface area (TPSA) is 83.8 Å². The maximum absolute atomic E-state index is 13.1. The number of fused-ring (bicyclic) bond motifs is 1. The summed E-state index contributed by atoms with van der Waals surface area (Å²) in [5.41, 5.74) is 1.16. The molecule has 1 heterocycles. The summed E-state index contributed by atoms with van der Waals surface area (Å²) in [6, 6.07) is 11.7. The van der Waals surface area contributed by atoms with Gasteiger partial charge in [0.15, 0.2) is 5.75 Å². The molecule has 3 rings (SSSR count). The number of ether oxygens (including phenoxy) is 1. The second-order valence-corrected chi connectivity index (χ2v) is 7.88. The Bertz CT molecular complexity index is 1170. The molecule has 3 aromatic rings. The Balaban J connectivity index is 2.03. The van der Waals surface area contributed by atoms with Crippen molar-refractivity contribution in [2.24, 2.45) is 0 Å². The van der Waals surface area contributed by atoms with Crippen LogP contribution in [0.25, 0.3) is 16.2 Å². The summed E-state index contributed by atoms with van der Waals surface area (Å²) < 4.78 is 6.80. The first-order chi connectivity index (χ1) is 14.4. The maximum atomic E-state index is 13.1. The van der Waals surface area contributed by atoms with E-state index in [0.29, 0.717) is 32.9 Å². The molecule has 0 atom stereocenters. The monoisotopic (exact) mass is 438 g/mol. The van der Waals surface area contributed by atoms with Crippen molar-refractivity contribution in [3.63, 3.8) is 0 Å². The number of thiophene rings is 1. The van der Waals surface area contributed by atoms with Crippen molar-refractivity contribution in [3.8, 4) is 17.2 Å². The van der Waals surface area contributed by atoms with Gasteiger partial charge in [0.05, 0.1) is 0 Å². The number of carboxylic acids is 1. The molecule has 152 valence electrons. The molecule has 0 aliphatic rings. The minimum atomic E-state index is -1.03. The van der Waals surface area contributed by atoms with Gasteiger partial charge in [0.1, 0.15) is 16.4 Å². The first-order valence-electron chi connectivity index (χ1n) is 8.77. The van der Waals surface area contributed by atoms with Crippen LogP contribution < -0.4 is 4.74 Å². The quantitative estimate of drug-likeness (QED) is 0.251. The van der Waals surface area contributed by atoms with E-state index in [-0.39, 0.29) is 11.5 Å². The van der Waals surface area contributed by atoms with Crippen molar-refractivity contribution in [2.45, 2.75) is 0 Å². The minimum absolute atomic E-state index is 0.104.